The lowest BCUT2D eigenvalue weighted by Crippen LogP contribution is -2.48. The molecule has 2 rings (SSSR count). The van der Waals surface area contributed by atoms with Crippen molar-refractivity contribution in [2.24, 2.45) is 0 Å². The van der Waals surface area contributed by atoms with E-state index in [1.54, 1.807) is 16.7 Å². The van der Waals surface area contributed by atoms with Crippen LogP contribution >= 0.6 is 0 Å². The van der Waals surface area contributed by atoms with E-state index in [2.05, 4.69) is 9.80 Å². The molecule has 18 heavy (non-hydrogen) atoms. The molecule has 1 saturated heterocycles. The minimum absolute atomic E-state index is 0.0661. The fourth-order valence-corrected chi connectivity index (χ4v) is 2.27. The fourth-order valence-electron chi connectivity index (χ4n) is 2.27. The van der Waals surface area contributed by atoms with Gasteiger partial charge in [-0.2, -0.15) is 0 Å². The van der Waals surface area contributed by atoms with Crippen molar-refractivity contribution in [2.45, 2.75) is 6.54 Å². The minimum Gasteiger partial charge on any atom is -0.395 e. The number of nitrogens with zero attached hydrogens (tertiary/aromatic N) is 3. The Morgan fingerprint density at radius 3 is 2.28 bits per heavy atom. The van der Waals surface area contributed by atoms with E-state index in [1.807, 2.05) is 12.3 Å². The molecule has 0 bridgehead atoms. The van der Waals surface area contributed by atoms with Gasteiger partial charge in [-0.1, -0.05) is 6.07 Å². The van der Waals surface area contributed by atoms with Gasteiger partial charge in [-0.05, 0) is 6.07 Å². The Hall–Kier alpha value is -1.17. The summed E-state index contributed by atoms with van der Waals surface area (Å²) in [5, 5.41) is 8.87. The van der Waals surface area contributed by atoms with Crippen LogP contribution in [0.4, 0.5) is 0 Å². The summed E-state index contributed by atoms with van der Waals surface area (Å²) < 4.78 is 1.75. The van der Waals surface area contributed by atoms with E-state index in [9.17, 15) is 4.79 Å². The molecule has 0 aliphatic carbocycles. The van der Waals surface area contributed by atoms with E-state index in [4.69, 9.17) is 5.11 Å². The smallest absolute Gasteiger partial charge is 0.250 e. The van der Waals surface area contributed by atoms with Gasteiger partial charge in [0.25, 0.3) is 5.56 Å². The molecule has 5 nitrogen and oxygen atoms in total. The number of pyridine rings is 1. The summed E-state index contributed by atoms with van der Waals surface area (Å²) in [6.07, 6.45) is 1.84. The summed E-state index contributed by atoms with van der Waals surface area (Å²) >= 11 is 0. The Morgan fingerprint density at radius 1 is 1.00 bits per heavy atom. The highest BCUT2D eigenvalue weighted by molar-refractivity contribution is 4.93. The van der Waals surface area contributed by atoms with Gasteiger partial charge >= 0.3 is 0 Å². The Balaban J connectivity index is 1.76. The van der Waals surface area contributed by atoms with Gasteiger partial charge < -0.3 is 9.67 Å². The van der Waals surface area contributed by atoms with Gasteiger partial charge in [0.05, 0.1) is 6.61 Å². The van der Waals surface area contributed by atoms with Gasteiger partial charge in [0.2, 0.25) is 0 Å². The maximum absolute atomic E-state index is 11.5. The maximum atomic E-state index is 11.5. The lowest BCUT2D eigenvalue weighted by Gasteiger charge is -2.34. The van der Waals surface area contributed by atoms with E-state index >= 15 is 0 Å². The lowest BCUT2D eigenvalue weighted by molar-refractivity contribution is 0.110. The first-order chi connectivity index (χ1) is 8.79. The van der Waals surface area contributed by atoms with Gasteiger partial charge in [-0.3, -0.25) is 14.6 Å². The van der Waals surface area contributed by atoms with Crippen LogP contribution in [0.15, 0.2) is 29.2 Å². The Labute approximate surface area is 107 Å². The quantitative estimate of drug-likeness (QED) is 0.763. The summed E-state index contributed by atoms with van der Waals surface area (Å²) in [5.41, 5.74) is 0.0661. The van der Waals surface area contributed by atoms with Crippen LogP contribution in [0, 0.1) is 0 Å². The van der Waals surface area contributed by atoms with Gasteiger partial charge in [-0.25, -0.2) is 0 Å². The lowest BCUT2D eigenvalue weighted by atomic mass is 10.3. The largest absolute Gasteiger partial charge is 0.395 e. The van der Waals surface area contributed by atoms with Crippen LogP contribution in [0.1, 0.15) is 0 Å². The second kappa shape index (κ2) is 6.68. The molecule has 1 aliphatic heterocycles. The molecular formula is C13H21N3O2. The first kappa shape index (κ1) is 13.3. The second-order valence-electron chi connectivity index (χ2n) is 4.64. The van der Waals surface area contributed by atoms with Crippen LogP contribution in [0.25, 0.3) is 0 Å². The predicted molar refractivity (Wildman–Crippen MR) is 70.7 cm³/mol. The number of hydrogen-bond acceptors (Lipinski definition) is 4. The molecule has 1 aromatic rings. The molecule has 1 N–H and O–H groups in total. The van der Waals surface area contributed by atoms with Crippen molar-refractivity contribution in [3.05, 3.63) is 34.7 Å². The highest BCUT2D eigenvalue weighted by Crippen LogP contribution is 2.01. The van der Waals surface area contributed by atoms with E-state index in [1.165, 1.54) is 0 Å². The fraction of sp³-hybridized carbons (Fsp3) is 0.615. The third-order valence-corrected chi connectivity index (χ3v) is 3.44. The molecular weight excluding hydrogens is 230 g/mol. The molecule has 1 aromatic heterocycles. The van der Waals surface area contributed by atoms with Crippen molar-refractivity contribution in [1.29, 1.82) is 0 Å². The zero-order valence-corrected chi connectivity index (χ0v) is 10.7. The van der Waals surface area contributed by atoms with E-state index in [0.29, 0.717) is 0 Å². The zero-order chi connectivity index (χ0) is 12.8. The standard InChI is InChI=1S/C13H21N3O2/c17-12-11-15-7-5-14(6-8-15)9-10-16-4-2-1-3-13(16)18/h1-4,17H,5-12H2. The highest BCUT2D eigenvalue weighted by atomic mass is 16.3. The van der Waals surface area contributed by atoms with E-state index in [-0.39, 0.29) is 12.2 Å². The van der Waals surface area contributed by atoms with Crippen LogP contribution < -0.4 is 5.56 Å². The number of aliphatic hydroxyl groups excluding tert-OH is 1. The molecule has 0 aromatic carbocycles. The first-order valence-corrected chi connectivity index (χ1v) is 6.50. The monoisotopic (exact) mass is 251 g/mol. The van der Waals surface area contributed by atoms with Gasteiger partial charge in [0.15, 0.2) is 0 Å². The van der Waals surface area contributed by atoms with Crippen LogP contribution in [-0.2, 0) is 6.54 Å². The number of aromatic nitrogens is 1. The van der Waals surface area contributed by atoms with Crippen molar-refractivity contribution in [1.82, 2.24) is 14.4 Å². The average molecular weight is 251 g/mol. The van der Waals surface area contributed by atoms with Crippen molar-refractivity contribution in [3.8, 4) is 0 Å². The summed E-state index contributed by atoms with van der Waals surface area (Å²) in [5.74, 6) is 0. The van der Waals surface area contributed by atoms with E-state index in [0.717, 1.165) is 45.8 Å². The minimum atomic E-state index is 0.0661. The maximum Gasteiger partial charge on any atom is 0.250 e. The van der Waals surface area contributed by atoms with Gasteiger partial charge in [0.1, 0.15) is 0 Å². The molecule has 1 aliphatic rings. The van der Waals surface area contributed by atoms with Gasteiger partial charge in [0, 0.05) is 58.1 Å². The molecule has 0 atom stereocenters. The Kier molecular flexibility index (Phi) is 4.92. The Bertz CT molecular complexity index is 411. The summed E-state index contributed by atoms with van der Waals surface area (Å²) in [4.78, 5) is 16.2. The van der Waals surface area contributed by atoms with Crippen LogP contribution in [0.3, 0.4) is 0 Å². The van der Waals surface area contributed by atoms with E-state index < -0.39 is 0 Å². The summed E-state index contributed by atoms with van der Waals surface area (Å²) in [6.45, 7) is 6.71. The second-order valence-corrected chi connectivity index (χ2v) is 4.64. The molecule has 0 spiro atoms. The third-order valence-electron chi connectivity index (χ3n) is 3.44. The van der Waals surface area contributed by atoms with Crippen LogP contribution in [0.5, 0.6) is 0 Å². The number of piperazine rings is 1. The number of aliphatic hydroxyl groups is 1. The summed E-state index contributed by atoms with van der Waals surface area (Å²) in [6, 6.07) is 5.26. The van der Waals surface area contributed by atoms with Crippen molar-refractivity contribution in [3.63, 3.8) is 0 Å². The Morgan fingerprint density at radius 2 is 1.67 bits per heavy atom. The zero-order valence-electron chi connectivity index (χ0n) is 10.7. The number of rotatable bonds is 5. The van der Waals surface area contributed by atoms with Crippen molar-refractivity contribution in [2.75, 3.05) is 45.9 Å². The molecule has 100 valence electrons. The highest BCUT2D eigenvalue weighted by Gasteiger charge is 2.15. The SMILES string of the molecule is O=c1ccccn1CCN1CCN(CCO)CC1. The molecule has 0 amide bonds. The van der Waals surface area contributed by atoms with Crippen molar-refractivity contribution >= 4 is 0 Å². The number of hydrogen-bond donors (Lipinski definition) is 1. The topological polar surface area (TPSA) is 48.7 Å². The molecule has 0 saturated carbocycles. The summed E-state index contributed by atoms with van der Waals surface area (Å²) in [7, 11) is 0. The predicted octanol–water partition coefficient (Wildman–Crippen LogP) is -0.542. The molecule has 0 unspecified atom stereocenters. The third kappa shape index (κ3) is 3.66. The molecule has 0 radical (unpaired) electrons. The molecule has 1 fully saturated rings. The molecule has 2 heterocycles. The van der Waals surface area contributed by atoms with Gasteiger partial charge in [-0.15, -0.1) is 0 Å². The number of β-amino-alcohol motifs (C(OH)–C–C–N with tert-alkyl or cyclic N) is 1. The van der Waals surface area contributed by atoms with Crippen LogP contribution in [0.2, 0.25) is 0 Å². The van der Waals surface area contributed by atoms with Crippen LogP contribution in [-0.4, -0.2) is 65.3 Å². The van der Waals surface area contributed by atoms with Crippen molar-refractivity contribution < 1.29 is 5.11 Å². The normalized spacial score (nSPS) is 18.1. The first-order valence-electron chi connectivity index (χ1n) is 6.50. The average Bonchev–Trinajstić information content (AvgIpc) is 2.40. The molecule has 5 heteroatoms.